The molecule has 0 heterocycles. The van der Waals surface area contributed by atoms with Gasteiger partial charge in [0.05, 0.1) is 25.2 Å². The fourth-order valence-electron chi connectivity index (χ4n) is 2.62. The molecule has 2 aromatic carbocycles. The third-order valence-corrected chi connectivity index (χ3v) is 6.05. The van der Waals surface area contributed by atoms with E-state index in [0.717, 1.165) is 15.9 Å². The van der Waals surface area contributed by atoms with Gasteiger partial charge in [0.2, 0.25) is 10.0 Å². The third kappa shape index (κ3) is 6.53. The molecule has 0 spiro atoms. The van der Waals surface area contributed by atoms with Gasteiger partial charge in [-0.3, -0.25) is 4.79 Å². The fourth-order valence-corrected chi connectivity index (χ4v) is 3.96. The number of methoxy groups -OCH3 is 1. The topological polar surface area (TPSA) is 126 Å². The Kier molecular flexibility index (Phi) is 8.54. The molecule has 164 valence electrons. The largest absolute Gasteiger partial charge is 0.495 e. The van der Waals surface area contributed by atoms with E-state index < -0.39 is 28.5 Å². The number of benzene rings is 2. The van der Waals surface area contributed by atoms with Gasteiger partial charge in [-0.2, -0.15) is 9.57 Å². The average molecular weight is 445 g/mol. The highest BCUT2D eigenvalue weighted by Gasteiger charge is 2.26. The average Bonchev–Trinajstić information content (AvgIpc) is 2.77. The van der Waals surface area contributed by atoms with Crippen molar-refractivity contribution in [3.05, 3.63) is 59.7 Å². The number of esters is 1. The maximum Gasteiger partial charge on any atom is 0.338 e. The molecule has 0 unspecified atom stereocenters. The van der Waals surface area contributed by atoms with Gasteiger partial charge in [-0.25, -0.2) is 13.2 Å². The van der Waals surface area contributed by atoms with Gasteiger partial charge in [0.15, 0.2) is 6.61 Å². The number of hydrogen-bond donors (Lipinski definition) is 1. The molecule has 0 saturated carbocycles. The molecule has 0 atom stereocenters. The summed E-state index contributed by atoms with van der Waals surface area (Å²) in [6, 6.07) is 14.8. The van der Waals surface area contributed by atoms with Crippen LogP contribution in [-0.4, -0.2) is 51.9 Å². The molecular formula is C21H23N3O6S. The number of ether oxygens (including phenoxy) is 2. The minimum absolute atomic E-state index is 0.0442. The molecule has 0 aromatic heterocycles. The lowest BCUT2D eigenvalue weighted by molar-refractivity contribution is -0.124. The van der Waals surface area contributed by atoms with Crippen molar-refractivity contribution >= 4 is 21.9 Å². The fraction of sp³-hybridized carbons (Fsp3) is 0.286. The summed E-state index contributed by atoms with van der Waals surface area (Å²) in [5, 5.41) is 10.9. The van der Waals surface area contributed by atoms with Crippen molar-refractivity contribution in [2.24, 2.45) is 0 Å². The second-order valence-electron chi connectivity index (χ2n) is 6.45. The molecule has 31 heavy (non-hydrogen) atoms. The minimum Gasteiger partial charge on any atom is -0.495 e. The van der Waals surface area contributed by atoms with Gasteiger partial charge in [0, 0.05) is 20.1 Å². The molecule has 1 amide bonds. The molecule has 1 N–H and O–H groups in total. The van der Waals surface area contributed by atoms with E-state index in [4.69, 9.17) is 14.7 Å². The normalized spacial score (nSPS) is 10.9. The Morgan fingerprint density at radius 1 is 1.16 bits per heavy atom. The first-order valence-electron chi connectivity index (χ1n) is 9.28. The first kappa shape index (κ1) is 23.9. The Morgan fingerprint density at radius 2 is 1.87 bits per heavy atom. The highest BCUT2D eigenvalue weighted by molar-refractivity contribution is 7.89. The van der Waals surface area contributed by atoms with Crippen molar-refractivity contribution in [1.82, 2.24) is 9.62 Å². The van der Waals surface area contributed by atoms with Crippen LogP contribution in [0.3, 0.4) is 0 Å². The van der Waals surface area contributed by atoms with Crippen LogP contribution in [0, 0.1) is 11.3 Å². The van der Waals surface area contributed by atoms with Crippen LogP contribution in [0.2, 0.25) is 0 Å². The second kappa shape index (κ2) is 11.1. The molecule has 0 radical (unpaired) electrons. The van der Waals surface area contributed by atoms with E-state index >= 15 is 0 Å². The lowest BCUT2D eigenvalue weighted by Crippen LogP contribution is -2.29. The number of hydrogen-bond acceptors (Lipinski definition) is 7. The van der Waals surface area contributed by atoms with Crippen molar-refractivity contribution in [3.8, 4) is 11.8 Å². The van der Waals surface area contributed by atoms with E-state index in [2.05, 4.69) is 5.32 Å². The van der Waals surface area contributed by atoms with Gasteiger partial charge >= 0.3 is 5.97 Å². The Bertz CT molecular complexity index is 1060. The Labute approximate surface area is 181 Å². The number of nitrogens with one attached hydrogen (secondary N) is 1. The van der Waals surface area contributed by atoms with Crippen LogP contribution in [-0.2, 0) is 26.1 Å². The predicted molar refractivity (Wildman–Crippen MR) is 112 cm³/mol. The number of nitrogens with zero attached hydrogens (tertiary/aromatic N) is 2. The molecule has 2 aromatic rings. The van der Waals surface area contributed by atoms with Gasteiger partial charge in [0.25, 0.3) is 5.91 Å². The number of nitriles is 1. The maximum absolute atomic E-state index is 13.1. The van der Waals surface area contributed by atoms with Gasteiger partial charge in [-0.1, -0.05) is 30.3 Å². The van der Waals surface area contributed by atoms with Crippen LogP contribution in [0.1, 0.15) is 22.3 Å². The maximum atomic E-state index is 13.1. The van der Waals surface area contributed by atoms with Gasteiger partial charge in [0.1, 0.15) is 10.6 Å². The molecule has 0 bridgehead atoms. The summed E-state index contributed by atoms with van der Waals surface area (Å²) in [5.74, 6) is -1.35. The lowest BCUT2D eigenvalue weighted by Gasteiger charge is -2.19. The first-order chi connectivity index (χ1) is 14.8. The lowest BCUT2D eigenvalue weighted by atomic mass is 10.2. The third-order valence-electron chi connectivity index (χ3n) is 4.23. The van der Waals surface area contributed by atoms with E-state index in [9.17, 15) is 18.0 Å². The van der Waals surface area contributed by atoms with Crippen molar-refractivity contribution in [3.63, 3.8) is 0 Å². The van der Waals surface area contributed by atoms with Crippen molar-refractivity contribution < 1.29 is 27.5 Å². The predicted octanol–water partition coefficient (Wildman–Crippen LogP) is 1.70. The zero-order valence-electron chi connectivity index (χ0n) is 17.2. The molecular weight excluding hydrogens is 422 g/mol. The first-order valence-corrected chi connectivity index (χ1v) is 10.7. The van der Waals surface area contributed by atoms with E-state index in [1.54, 1.807) is 12.1 Å². The molecule has 0 aliphatic heterocycles. The standard InChI is InChI=1S/C21H23N3O6S/c1-24(14-16-7-4-3-5-8-16)31(27,28)19-13-17(9-10-18(19)29-2)21(26)30-15-20(25)23-12-6-11-22/h3-5,7-10,13H,6,12,14-15H2,1-2H3,(H,23,25). The van der Waals surface area contributed by atoms with Gasteiger partial charge in [-0.05, 0) is 23.8 Å². The number of carbonyl (C=O) groups excluding carboxylic acids is 2. The summed E-state index contributed by atoms with van der Waals surface area (Å²) in [5.41, 5.74) is 0.753. The number of carbonyl (C=O) groups is 2. The summed E-state index contributed by atoms with van der Waals surface area (Å²) in [6.45, 7) is -0.276. The zero-order valence-corrected chi connectivity index (χ0v) is 18.0. The molecule has 9 nitrogen and oxygen atoms in total. The summed E-state index contributed by atoms with van der Waals surface area (Å²) in [7, 11) is -1.23. The van der Waals surface area contributed by atoms with Crippen LogP contribution in [0.4, 0.5) is 0 Å². The van der Waals surface area contributed by atoms with Crippen LogP contribution in [0.25, 0.3) is 0 Å². The number of amides is 1. The highest BCUT2D eigenvalue weighted by Crippen LogP contribution is 2.28. The smallest absolute Gasteiger partial charge is 0.338 e. The Balaban J connectivity index is 2.18. The Hall–Kier alpha value is -3.42. The summed E-state index contributed by atoms with van der Waals surface area (Å²) >= 11 is 0. The van der Waals surface area contributed by atoms with Crippen LogP contribution < -0.4 is 10.1 Å². The highest BCUT2D eigenvalue weighted by atomic mass is 32.2. The summed E-state index contributed by atoms with van der Waals surface area (Å²) in [4.78, 5) is 23.7. The quantitative estimate of drug-likeness (QED) is 0.436. The van der Waals surface area contributed by atoms with Crippen LogP contribution in [0.15, 0.2) is 53.4 Å². The molecule has 0 aliphatic carbocycles. The Morgan fingerprint density at radius 3 is 2.52 bits per heavy atom. The van der Waals surface area contributed by atoms with E-state index in [0.29, 0.717) is 0 Å². The van der Waals surface area contributed by atoms with Crippen molar-refractivity contribution in [2.75, 3.05) is 27.3 Å². The summed E-state index contributed by atoms with van der Waals surface area (Å²) in [6.07, 6.45) is 0.135. The zero-order chi connectivity index (χ0) is 22.9. The van der Waals surface area contributed by atoms with Gasteiger partial charge in [-0.15, -0.1) is 0 Å². The van der Waals surface area contributed by atoms with Crippen LogP contribution in [0.5, 0.6) is 5.75 Å². The molecule has 10 heteroatoms. The van der Waals surface area contributed by atoms with Gasteiger partial charge < -0.3 is 14.8 Å². The van der Waals surface area contributed by atoms with Crippen molar-refractivity contribution in [1.29, 1.82) is 5.26 Å². The molecule has 2 rings (SSSR count). The van der Waals surface area contributed by atoms with E-state index in [1.807, 2.05) is 24.3 Å². The van der Waals surface area contributed by atoms with E-state index in [-0.39, 0.29) is 35.7 Å². The number of sulfonamides is 1. The van der Waals surface area contributed by atoms with E-state index in [1.165, 1.54) is 26.3 Å². The molecule has 0 fully saturated rings. The SMILES string of the molecule is COc1ccc(C(=O)OCC(=O)NCCC#N)cc1S(=O)(=O)N(C)Cc1ccccc1. The number of rotatable bonds is 10. The minimum atomic E-state index is -3.99. The van der Waals surface area contributed by atoms with Crippen LogP contribution >= 0.6 is 0 Å². The van der Waals surface area contributed by atoms with Crippen molar-refractivity contribution in [2.45, 2.75) is 17.9 Å². The second-order valence-corrected chi connectivity index (χ2v) is 8.46. The monoisotopic (exact) mass is 445 g/mol. The summed E-state index contributed by atoms with van der Waals surface area (Å²) < 4.78 is 37.5. The molecule has 0 saturated heterocycles. The molecule has 0 aliphatic rings.